The Morgan fingerprint density at radius 3 is 2.25 bits per heavy atom. The van der Waals surface area contributed by atoms with Gasteiger partial charge in [0.05, 0.1) is 5.55 Å². The molecule has 0 fully saturated rings. The van der Waals surface area contributed by atoms with Gasteiger partial charge in [-0.3, -0.25) is 5.41 Å². The summed E-state index contributed by atoms with van der Waals surface area (Å²) in [5, 5.41) is 14.1. The summed E-state index contributed by atoms with van der Waals surface area (Å²) in [4.78, 5) is 1.65. The van der Waals surface area contributed by atoms with Crippen molar-refractivity contribution in [3.05, 3.63) is 0 Å². The summed E-state index contributed by atoms with van der Waals surface area (Å²) in [5.74, 6) is 0. The lowest BCUT2D eigenvalue weighted by molar-refractivity contribution is 0.632. The first-order valence-corrected chi connectivity index (χ1v) is 2.98. The van der Waals surface area contributed by atoms with Crippen LogP contribution in [0.3, 0.4) is 0 Å². The van der Waals surface area contributed by atoms with Crippen LogP contribution < -0.4 is 0 Å². The Bertz CT molecular complexity index is 99.5. The summed E-state index contributed by atoms with van der Waals surface area (Å²) in [5.41, 5.74) is 1.14. The topological polar surface area (TPSA) is 50.9 Å². The normalized spacial score (nSPS) is 8.25. The van der Waals surface area contributed by atoms with Crippen molar-refractivity contribution in [3.63, 3.8) is 0 Å². The lowest BCUT2D eigenvalue weighted by Crippen LogP contribution is -2.16. The van der Waals surface area contributed by atoms with E-state index in [0.29, 0.717) is 5.17 Å². The molecular formula is C4H9N3S. The largest absolute Gasteiger partial charge is 0.357 e. The number of rotatable bonds is 1. The molecule has 0 spiro atoms. The van der Waals surface area contributed by atoms with E-state index in [1.807, 2.05) is 0 Å². The summed E-state index contributed by atoms with van der Waals surface area (Å²) >= 11 is 1.09. The lowest BCUT2D eigenvalue weighted by Gasteiger charge is -2.08. The van der Waals surface area contributed by atoms with E-state index in [1.54, 1.807) is 19.0 Å². The Balaban J connectivity index is 3.48. The van der Waals surface area contributed by atoms with Gasteiger partial charge in [0.25, 0.3) is 0 Å². The predicted molar refractivity (Wildman–Crippen MR) is 37.8 cm³/mol. The fourth-order valence-electron chi connectivity index (χ4n) is 0.161. The molecule has 0 bridgehead atoms. The van der Waals surface area contributed by atoms with Crippen molar-refractivity contribution < 1.29 is 0 Å². The molecule has 3 nitrogen and oxygen atoms in total. The molecule has 0 amide bonds. The predicted octanol–water partition coefficient (Wildman–Crippen LogP) is 0.823. The van der Waals surface area contributed by atoms with Crippen molar-refractivity contribution in [1.82, 2.24) is 4.90 Å². The molecule has 0 aliphatic carbocycles. The van der Waals surface area contributed by atoms with Crippen LogP contribution in [0.15, 0.2) is 0 Å². The highest BCUT2D eigenvalue weighted by Gasteiger charge is 1.93. The van der Waals surface area contributed by atoms with Crippen LogP contribution >= 0.6 is 11.8 Å². The summed E-state index contributed by atoms with van der Waals surface area (Å²) in [7, 11) is 3.55. The van der Waals surface area contributed by atoms with Gasteiger partial charge in [0, 0.05) is 14.1 Å². The summed E-state index contributed by atoms with van der Waals surface area (Å²) < 4.78 is 0. The minimum absolute atomic E-state index is 0.389. The van der Waals surface area contributed by atoms with Crippen molar-refractivity contribution in [2.24, 2.45) is 0 Å². The molecule has 0 rings (SSSR count). The van der Waals surface area contributed by atoms with Gasteiger partial charge in [-0.1, -0.05) is 0 Å². The molecule has 0 saturated carbocycles. The van der Waals surface area contributed by atoms with Gasteiger partial charge in [0.1, 0.15) is 0 Å². The van der Waals surface area contributed by atoms with E-state index in [-0.39, 0.29) is 0 Å². The summed E-state index contributed by atoms with van der Waals surface area (Å²) in [6.45, 7) is 0. The third-order valence-electron chi connectivity index (χ3n) is 0.577. The van der Waals surface area contributed by atoms with Gasteiger partial charge in [-0.05, 0) is 11.8 Å². The maximum atomic E-state index is 7.08. The van der Waals surface area contributed by atoms with E-state index in [2.05, 4.69) is 0 Å². The van der Waals surface area contributed by atoms with Crippen LogP contribution in [-0.2, 0) is 0 Å². The van der Waals surface area contributed by atoms with Gasteiger partial charge in [-0.25, -0.2) is 0 Å². The molecule has 0 saturated heterocycles. The highest BCUT2D eigenvalue weighted by atomic mass is 32.2. The molecule has 0 aromatic carbocycles. The van der Waals surface area contributed by atoms with E-state index in [9.17, 15) is 0 Å². The van der Waals surface area contributed by atoms with Crippen molar-refractivity contribution in [1.29, 1.82) is 10.8 Å². The van der Waals surface area contributed by atoms with Crippen molar-refractivity contribution in [2.45, 2.75) is 0 Å². The highest BCUT2D eigenvalue weighted by molar-refractivity contribution is 8.24. The van der Waals surface area contributed by atoms with E-state index in [1.165, 1.54) is 0 Å². The van der Waals surface area contributed by atoms with Crippen LogP contribution in [0.5, 0.6) is 0 Å². The lowest BCUT2D eigenvalue weighted by atomic mass is 10.9. The molecule has 2 N–H and O–H groups in total. The molecule has 0 aromatic rings. The molecular weight excluding hydrogens is 122 g/mol. The van der Waals surface area contributed by atoms with Gasteiger partial charge in [-0.15, -0.1) is 0 Å². The Kier molecular flexibility index (Phi) is 3.26. The monoisotopic (exact) mass is 131 g/mol. The minimum Gasteiger partial charge on any atom is -0.357 e. The fraction of sp³-hybridized carbons (Fsp3) is 0.500. The smallest absolute Gasteiger partial charge is 0.161 e. The number of amidine groups is 1. The minimum atomic E-state index is 0.389. The van der Waals surface area contributed by atoms with E-state index in [0.717, 1.165) is 17.3 Å². The maximum Gasteiger partial charge on any atom is 0.161 e. The average Bonchev–Trinajstić information content (AvgIpc) is 1.67. The molecule has 8 heavy (non-hydrogen) atoms. The zero-order chi connectivity index (χ0) is 6.57. The van der Waals surface area contributed by atoms with Gasteiger partial charge in [0.2, 0.25) is 0 Å². The molecule has 0 aliphatic rings. The second-order valence-corrected chi connectivity index (χ2v) is 2.29. The average molecular weight is 131 g/mol. The fourth-order valence-corrected chi connectivity index (χ4v) is 0.484. The Labute approximate surface area is 53.1 Å². The number of nitrogens with zero attached hydrogens (tertiary/aromatic N) is 1. The molecule has 4 heteroatoms. The van der Waals surface area contributed by atoms with E-state index >= 15 is 0 Å². The zero-order valence-electron chi connectivity index (χ0n) is 4.93. The van der Waals surface area contributed by atoms with Crippen LogP contribution in [-0.4, -0.2) is 29.7 Å². The molecule has 0 aliphatic heterocycles. The van der Waals surface area contributed by atoms with Crippen LogP contribution in [0.25, 0.3) is 0 Å². The second kappa shape index (κ2) is 3.49. The second-order valence-electron chi connectivity index (χ2n) is 1.44. The van der Waals surface area contributed by atoms with Crippen LogP contribution in [0.1, 0.15) is 0 Å². The molecule has 0 aromatic heterocycles. The van der Waals surface area contributed by atoms with Gasteiger partial charge < -0.3 is 10.3 Å². The Hall–Kier alpha value is -0.510. The van der Waals surface area contributed by atoms with Crippen LogP contribution in [0, 0.1) is 10.8 Å². The van der Waals surface area contributed by atoms with Gasteiger partial charge >= 0.3 is 0 Å². The standard InChI is InChI=1S/C4H9N3S/c1-7(2)4(6)8-3-5/h3,5-6H,1-2H3. The first-order chi connectivity index (χ1) is 3.68. The third-order valence-corrected chi connectivity index (χ3v) is 1.28. The molecule has 0 radical (unpaired) electrons. The van der Waals surface area contributed by atoms with E-state index < -0.39 is 0 Å². The maximum absolute atomic E-state index is 7.08. The number of hydrogen-bond donors (Lipinski definition) is 2. The zero-order valence-corrected chi connectivity index (χ0v) is 5.75. The first-order valence-electron chi connectivity index (χ1n) is 2.10. The summed E-state index contributed by atoms with van der Waals surface area (Å²) in [6.07, 6.45) is 0. The van der Waals surface area contributed by atoms with Crippen molar-refractivity contribution in [3.8, 4) is 0 Å². The number of hydrogen-bond acceptors (Lipinski definition) is 3. The van der Waals surface area contributed by atoms with E-state index in [4.69, 9.17) is 10.8 Å². The quantitative estimate of drug-likeness (QED) is 0.409. The highest BCUT2D eigenvalue weighted by Crippen LogP contribution is 1.97. The van der Waals surface area contributed by atoms with Crippen molar-refractivity contribution in [2.75, 3.05) is 14.1 Å². The van der Waals surface area contributed by atoms with Crippen molar-refractivity contribution >= 4 is 22.5 Å². The number of thioether (sulfide) groups is 1. The molecule has 0 atom stereocenters. The third kappa shape index (κ3) is 2.63. The molecule has 46 valence electrons. The molecule has 0 heterocycles. The Morgan fingerprint density at radius 1 is 1.62 bits per heavy atom. The Morgan fingerprint density at radius 2 is 2.12 bits per heavy atom. The SMILES string of the molecule is CN(C)C(=N)SC=N. The first kappa shape index (κ1) is 7.49. The van der Waals surface area contributed by atoms with Crippen LogP contribution in [0.2, 0.25) is 0 Å². The van der Waals surface area contributed by atoms with Gasteiger partial charge in [0.15, 0.2) is 5.17 Å². The van der Waals surface area contributed by atoms with Crippen LogP contribution in [0.4, 0.5) is 0 Å². The van der Waals surface area contributed by atoms with Gasteiger partial charge in [-0.2, -0.15) is 0 Å². The summed E-state index contributed by atoms with van der Waals surface area (Å²) in [6, 6.07) is 0. The molecule has 0 unspecified atom stereocenters. The number of nitrogens with one attached hydrogen (secondary N) is 2.